The maximum atomic E-state index is 12.9. The number of rotatable bonds is 15. The molecular formula is C33H41NO10S. The number of alkyl carbamates (subject to hydrolysis) is 1. The van der Waals surface area contributed by atoms with Gasteiger partial charge in [0, 0.05) is 12.8 Å². The van der Waals surface area contributed by atoms with Crippen LogP contribution in [0.1, 0.15) is 55.1 Å². The molecule has 1 heterocycles. The van der Waals surface area contributed by atoms with Crippen molar-refractivity contribution in [2.75, 3.05) is 47.3 Å². The molecule has 1 fully saturated rings. The molecule has 0 spiro atoms. The van der Waals surface area contributed by atoms with Gasteiger partial charge in [-0.2, -0.15) is 0 Å². The number of amides is 1. The zero-order chi connectivity index (χ0) is 32.4. The van der Waals surface area contributed by atoms with Gasteiger partial charge in [0.05, 0.1) is 46.8 Å². The summed E-state index contributed by atoms with van der Waals surface area (Å²) in [6, 6.07) is 16.5. The summed E-state index contributed by atoms with van der Waals surface area (Å²) >= 11 is 0. The summed E-state index contributed by atoms with van der Waals surface area (Å²) in [5.41, 5.74) is 2.40. The SMILES string of the molecule is CCOc1c(OCCCNC(=O)OCc2ccccc2)cc(C2CCC(c3cc(OC)c(OC)c(OC)c3)O2)cc1S(C)(=O)=O. The summed E-state index contributed by atoms with van der Waals surface area (Å²) < 4.78 is 65.7. The van der Waals surface area contributed by atoms with Crippen LogP contribution in [0.25, 0.3) is 0 Å². The second kappa shape index (κ2) is 15.7. The number of sulfone groups is 1. The quantitative estimate of drug-likeness (QED) is 0.203. The number of nitrogens with one attached hydrogen (secondary N) is 1. The molecule has 1 saturated heterocycles. The van der Waals surface area contributed by atoms with E-state index in [0.29, 0.717) is 54.4 Å². The highest BCUT2D eigenvalue weighted by Gasteiger charge is 2.32. The fourth-order valence-corrected chi connectivity index (χ4v) is 5.93. The maximum absolute atomic E-state index is 12.9. The van der Waals surface area contributed by atoms with Crippen molar-refractivity contribution in [2.45, 2.75) is 49.9 Å². The van der Waals surface area contributed by atoms with Crippen molar-refractivity contribution in [3.8, 4) is 28.7 Å². The highest BCUT2D eigenvalue weighted by molar-refractivity contribution is 7.90. The van der Waals surface area contributed by atoms with Gasteiger partial charge in [-0.15, -0.1) is 0 Å². The van der Waals surface area contributed by atoms with Crippen molar-refractivity contribution < 1.29 is 46.4 Å². The van der Waals surface area contributed by atoms with Crippen molar-refractivity contribution in [2.24, 2.45) is 0 Å². The Balaban J connectivity index is 1.46. The fraction of sp³-hybridized carbons (Fsp3) is 0.424. The molecule has 11 nitrogen and oxygen atoms in total. The lowest BCUT2D eigenvalue weighted by Crippen LogP contribution is -2.26. The van der Waals surface area contributed by atoms with Gasteiger partial charge in [-0.3, -0.25) is 0 Å². The summed E-state index contributed by atoms with van der Waals surface area (Å²) in [7, 11) is 0.982. The van der Waals surface area contributed by atoms with E-state index in [1.165, 1.54) is 0 Å². The molecule has 1 aliphatic rings. The Hall–Kier alpha value is -4.16. The van der Waals surface area contributed by atoms with Gasteiger partial charge in [-0.05, 0) is 67.1 Å². The minimum Gasteiger partial charge on any atom is -0.493 e. The molecule has 244 valence electrons. The Morgan fingerprint density at radius 1 is 0.867 bits per heavy atom. The van der Waals surface area contributed by atoms with Crippen LogP contribution in [0.4, 0.5) is 4.79 Å². The molecule has 2 unspecified atom stereocenters. The average molecular weight is 644 g/mol. The number of benzene rings is 3. The van der Waals surface area contributed by atoms with E-state index < -0.39 is 22.0 Å². The zero-order valence-electron chi connectivity index (χ0n) is 26.3. The first kappa shape index (κ1) is 33.7. The van der Waals surface area contributed by atoms with Crippen LogP contribution >= 0.6 is 0 Å². The van der Waals surface area contributed by atoms with Crippen LogP contribution in [0, 0.1) is 0 Å². The van der Waals surface area contributed by atoms with Gasteiger partial charge in [-0.1, -0.05) is 30.3 Å². The highest BCUT2D eigenvalue weighted by Crippen LogP contribution is 2.48. The number of hydrogen-bond acceptors (Lipinski definition) is 10. The lowest BCUT2D eigenvalue weighted by molar-refractivity contribution is 0.0435. The predicted octanol–water partition coefficient (Wildman–Crippen LogP) is 5.80. The molecule has 1 aliphatic heterocycles. The summed E-state index contributed by atoms with van der Waals surface area (Å²) in [5, 5.41) is 2.70. The lowest BCUT2D eigenvalue weighted by Gasteiger charge is -2.21. The zero-order valence-corrected chi connectivity index (χ0v) is 27.1. The van der Waals surface area contributed by atoms with Crippen LogP contribution in [0.3, 0.4) is 0 Å². The van der Waals surface area contributed by atoms with Crippen molar-refractivity contribution in [3.63, 3.8) is 0 Å². The van der Waals surface area contributed by atoms with E-state index >= 15 is 0 Å². The van der Waals surface area contributed by atoms with E-state index in [1.807, 2.05) is 42.5 Å². The average Bonchev–Trinajstić information content (AvgIpc) is 3.54. The molecule has 0 radical (unpaired) electrons. The third kappa shape index (κ3) is 8.73. The predicted molar refractivity (Wildman–Crippen MR) is 167 cm³/mol. The van der Waals surface area contributed by atoms with E-state index in [1.54, 1.807) is 40.4 Å². The van der Waals surface area contributed by atoms with Crippen LogP contribution in [-0.4, -0.2) is 61.9 Å². The molecule has 0 aromatic heterocycles. The first-order chi connectivity index (χ1) is 21.7. The second-order valence-corrected chi connectivity index (χ2v) is 12.4. The topological polar surface area (TPSA) is 128 Å². The summed E-state index contributed by atoms with van der Waals surface area (Å²) in [6.45, 7) is 2.70. The minimum atomic E-state index is -3.68. The van der Waals surface area contributed by atoms with Gasteiger partial charge in [0.25, 0.3) is 0 Å². The van der Waals surface area contributed by atoms with Crippen molar-refractivity contribution in [1.29, 1.82) is 0 Å². The van der Waals surface area contributed by atoms with Gasteiger partial charge < -0.3 is 38.5 Å². The number of methoxy groups -OCH3 is 3. The Labute approximate surface area is 264 Å². The first-order valence-corrected chi connectivity index (χ1v) is 16.6. The van der Waals surface area contributed by atoms with Crippen LogP contribution in [0.5, 0.6) is 28.7 Å². The molecule has 0 saturated carbocycles. The molecule has 12 heteroatoms. The van der Waals surface area contributed by atoms with Gasteiger partial charge in [0.2, 0.25) is 5.75 Å². The van der Waals surface area contributed by atoms with E-state index in [2.05, 4.69) is 5.32 Å². The molecule has 45 heavy (non-hydrogen) atoms. The Kier molecular flexibility index (Phi) is 11.8. The normalized spacial score (nSPS) is 16.1. The van der Waals surface area contributed by atoms with E-state index in [0.717, 1.165) is 17.4 Å². The van der Waals surface area contributed by atoms with Gasteiger partial charge in [0.1, 0.15) is 11.5 Å². The Morgan fingerprint density at radius 3 is 2.07 bits per heavy atom. The Morgan fingerprint density at radius 2 is 1.49 bits per heavy atom. The molecule has 1 amide bonds. The summed E-state index contributed by atoms with van der Waals surface area (Å²) in [6.07, 6.45) is 1.71. The van der Waals surface area contributed by atoms with Gasteiger partial charge in [0.15, 0.2) is 32.8 Å². The van der Waals surface area contributed by atoms with E-state index in [-0.39, 0.29) is 36.6 Å². The van der Waals surface area contributed by atoms with Crippen molar-refractivity contribution in [3.05, 3.63) is 71.3 Å². The molecule has 1 N–H and O–H groups in total. The standard InChI is InChI=1S/C33H41NO10S/c1-6-41-32-29(42-16-10-15-34-33(35)43-21-22-11-8-7-9-12-22)19-24(20-30(32)45(5,36)37)26-14-13-25(44-26)23-17-27(38-2)31(40-4)28(18-23)39-3/h7-9,11-12,17-20,25-26H,6,10,13-16,21H2,1-5H3,(H,34,35). The monoisotopic (exact) mass is 643 g/mol. The van der Waals surface area contributed by atoms with Gasteiger partial charge in [-0.25, -0.2) is 13.2 Å². The third-order valence-corrected chi connectivity index (χ3v) is 8.34. The first-order valence-electron chi connectivity index (χ1n) is 14.7. The number of hydrogen-bond donors (Lipinski definition) is 1. The number of ether oxygens (including phenoxy) is 7. The van der Waals surface area contributed by atoms with Crippen LogP contribution < -0.4 is 29.0 Å². The molecule has 3 aromatic rings. The molecular weight excluding hydrogens is 602 g/mol. The van der Waals surface area contributed by atoms with Crippen LogP contribution in [0.15, 0.2) is 59.5 Å². The largest absolute Gasteiger partial charge is 0.493 e. The molecule has 0 bridgehead atoms. The fourth-order valence-electron chi connectivity index (χ4n) is 5.09. The van der Waals surface area contributed by atoms with E-state index in [9.17, 15) is 13.2 Å². The smallest absolute Gasteiger partial charge is 0.407 e. The minimum absolute atomic E-state index is 0.0271. The van der Waals surface area contributed by atoms with Gasteiger partial charge >= 0.3 is 6.09 Å². The van der Waals surface area contributed by atoms with Crippen molar-refractivity contribution >= 4 is 15.9 Å². The lowest BCUT2D eigenvalue weighted by atomic mass is 10.0. The highest BCUT2D eigenvalue weighted by atomic mass is 32.2. The summed E-state index contributed by atoms with van der Waals surface area (Å²) in [5.74, 6) is 1.98. The molecule has 0 aliphatic carbocycles. The number of carbonyl (C=O) groups excluding carboxylic acids is 1. The molecule has 2 atom stereocenters. The molecule has 3 aromatic carbocycles. The molecule has 4 rings (SSSR count). The van der Waals surface area contributed by atoms with Crippen molar-refractivity contribution in [1.82, 2.24) is 5.32 Å². The maximum Gasteiger partial charge on any atom is 0.407 e. The van der Waals surface area contributed by atoms with Crippen LogP contribution in [0.2, 0.25) is 0 Å². The van der Waals surface area contributed by atoms with Crippen LogP contribution in [-0.2, 0) is 25.9 Å². The summed E-state index contributed by atoms with van der Waals surface area (Å²) in [4.78, 5) is 12.1. The Bertz CT molecular complexity index is 1520. The third-order valence-electron chi connectivity index (χ3n) is 7.24. The van der Waals surface area contributed by atoms with E-state index in [4.69, 9.17) is 33.2 Å². The number of carbonyl (C=O) groups is 1. The second-order valence-electron chi connectivity index (χ2n) is 10.4.